The molecule has 270 valence electrons. The summed E-state index contributed by atoms with van der Waals surface area (Å²) in [5, 5.41) is 0. The Bertz CT molecular complexity index is 698. The summed E-state index contributed by atoms with van der Waals surface area (Å²) in [7, 11) is 0. The van der Waals surface area contributed by atoms with Crippen LogP contribution in [0.25, 0.3) is 0 Å². The third-order valence-corrected chi connectivity index (χ3v) is 8.89. The van der Waals surface area contributed by atoms with E-state index in [-0.39, 0.29) is 24.6 Å². The van der Waals surface area contributed by atoms with Gasteiger partial charge in [-0.15, -0.1) is 0 Å². The van der Waals surface area contributed by atoms with Crippen molar-refractivity contribution in [3.8, 4) is 0 Å². The number of rotatable bonds is 36. The zero-order valence-electron chi connectivity index (χ0n) is 31.1. The van der Waals surface area contributed by atoms with Gasteiger partial charge in [0, 0.05) is 12.8 Å². The molecule has 0 aromatic carbocycles. The van der Waals surface area contributed by atoms with Gasteiger partial charge in [-0.2, -0.15) is 0 Å². The second-order valence-electron chi connectivity index (χ2n) is 13.6. The highest BCUT2D eigenvalue weighted by molar-refractivity contribution is 5.70. The van der Waals surface area contributed by atoms with E-state index >= 15 is 0 Å². The highest BCUT2D eigenvalue weighted by Gasteiger charge is 2.16. The molecule has 4 heteroatoms. The van der Waals surface area contributed by atoms with Gasteiger partial charge in [0.15, 0.2) is 0 Å². The maximum atomic E-state index is 12.4. The van der Waals surface area contributed by atoms with Crippen LogP contribution in [0.5, 0.6) is 0 Å². The normalized spacial score (nSPS) is 12.3. The van der Waals surface area contributed by atoms with Crippen LogP contribution in [0.2, 0.25) is 0 Å². The molecule has 0 aliphatic heterocycles. The van der Waals surface area contributed by atoms with Crippen molar-refractivity contribution in [1.82, 2.24) is 0 Å². The lowest BCUT2D eigenvalue weighted by Crippen LogP contribution is -2.25. The molecule has 0 N–H and O–H groups in total. The van der Waals surface area contributed by atoms with E-state index < -0.39 is 0 Å². The average molecular weight is 647 g/mol. The van der Waals surface area contributed by atoms with E-state index in [1.54, 1.807) is 0 Å². The summed E-state index contributed by atoms with van der Waals surface area (Å²) in [6, 6.07) is 0. The van der Waals surface area contributed by atoms with Gasteiger partial charge < -0.3 is 9.47 Å². The summed E-state index contributed by atoms with van der Waals surface area (Å²) in [5.74, 6) is -0.306. The molecule has 0 fully saturated rings. The van der Waals surface area contributed by atoms with Gasteiger partial charge >= 0.3 is 11.9 Å². The Kier molecular flexibility index (Phi) is 36.6. The summed E-state index contributed by atoms with van der Waals surface area (Å²) in [6.45, 7) is 6.86. The standard InChI is InChI=1S/C42H78O4/c1-4-7-10-12-14-16-18-20-22-24-26-28-30-32-34-37-41(43)45-39-40(36-9-6-3)46-42(44)38-35-33-31-29-27-25-23-21-19-17-15-13-11-8-5-2/h20-23,40H,4-19,24-39H2,1-3H3/b22-20+,23-21+. The van der Waals surface area contributed by atoms with Crippen LogP contribution in [0, 0.1) is 0 Å². The molecule has 0 saturated heterocycles. The number of hydrogen-bond donors (Lipinski definition) is 0. The van der Waals surface area contributed by atoms with Crippen LogP contribution >= 0.6 is 0 Å². The lowest BCUT2D eigenvalue weighted by Gasteiger charge is -2.18. The molecule has 0 bridgehead atoms. The summed E-state index contributed by atoms with van der Waals surface area (Å²) in [4.78, 5) is 24.7. The van der Waals surface area contributed by atoms with Gasteiger partial charge in [-0.05, 0) is 77.0 Å². The first kappa shape index (κ1) is 44.4. The number of esters is 2. The predicted octanol–water partition coefficient (Wildman–Crippen LogP) is 13.7. The Labute approximate surface area is 287 Å². The number of hydrogen-bond acceptors (Lipinski definition) is 4. The van der Waals surface area contributed by atoms with E-state index in [9.17, 15) is 9.59 Å². The van der Waals surface area contributed by atoms with Crippen LogP contribution in [0.3, 0.4) is 0 Å². The Morgan fingerprint density at radius 2 is 0.783 bits per heavy atom. The van der Waals surface area contributed by atoms with E-state index in [1.807, 2.05) is 0 Å². The lowest BCUT2D eigenvalue weighted by molar-refractivity contribution is -0.159. The molecule has 0 spiro atoms. The van der Waals surface area contributed by atoms with Crippen molar-refractivity contribution in [1.29, 1.82) is 0 Å². The van der Waals surface area contributed by atoms with Crippen LogP contribution < -0.4 is 0 Å². The zero-order chi connectivity index (χ0) is 33.6. The van der Waals surface area contributed by atoms with E-state index in [0.29, 0.717) is 12.8 Å². The van der Waals surface area contributed by atoms with Crippen molar-refractivity contribution in [2.45, 2.75) is 226 Å². The van der Waals surface area contributed by atoms with Gasteiger partial charge in [0.25, 0.3) is 0 Å². The molecule has 0 radical (unpaired) electrons. The van der Waals surface area contributed by atoms with Crippen LogP contribution in [-0.4, -0.2) is 24.6 Å². The first-order chi connectivity index (χ1) is 22.6. The predicted molar refractivity (Wildman–Crippen MR) is 199 cm³/mol. The molecule has 1 unspecified atom stereocenters. The number of ether oxygens (including phenoxy) is 2. The van der Waals surface area contributed by atoms with Gasteiger partial charge in [-0.1, -0.05) is 154 Å². The Hall–Kier alpha value is -1.58. The highest BCUT2D eigenvalue weighted by atomic mass is 16.6. The molecule has 0 aliphatic carbocycles. The number of carbonyl (C=O) groups is 2. The Balaban J connectivity index is 3.77. The quantitative estimate of drug-likeness (QED) is 0.0386. The number of carbonyl (C=O) groups excluding carboxylic acids is 2. The zero-order valence-corrected chi connectivity index (χ0v) is 31.1. The maximum Gasteiger partial charge on any atom is 0.306 e. The molecule has 4 nitrogen and oxygen atoms in total. The van der Waals surface area contributed by atoms with Crippen molar-refractivity contribution in [2.24, 2.45) is 0 Å². The average Bonchev–Trinajstić information content (AvgIpc) is 3.05. The molecule has 0 rings (SSSR count). The van der Waals surface area contributed by atoms with Crippen molar-refractivity contribution >= 4 is 11.9 Å². The second kappa shape index (κ2) is 37.9. The summed E-state index contributed by atoms with van der Waals surface area (Å²) < 4.78 is 11.2. The maximum absolute atomic E-state index is 12.4. The molecule has 0 heterocycles. The Morgan fingerprint density at radius 3 is 1.20 bits per heavy atom. The molecular formula is C42H78O4. The van der Waals surface area contributed by atoms with Gasteiger partial charge in [-0.3, -0.25) is 9.59 Å². The van der Waals surface area contributed by atoms with E-state index in [2.05, 4.69) is 45.1 Å². The summed E-state index contributed by atoms with van der Waals surface area (Å²) >= 11 is 0. The first-order valence-electron chi connectivity index (χ1n) is 20.3. The fourth-order valence-corrected chi connectivity index (χ4v) is 5.79. The molecule has 0 amide bonds. The topological polar surface area (TPSA) is 52.6 Å². The smallest absolute Gasteiger partial charge is 0.306 e. The van der Waals surface area contributed by atoms with Crippen molar-refractivity contribution < 1.29 is 19.1 Å². The molecule has 46 heavy (non-hydrogen) atoms. The lowest BCUT2D eigenvalue weighted by atomic mass is 10.1. The molecule has 0 aromatic heterocycles. The monoisotopic (exact) mass is 647 g/mol. The number of allylic oxidation sites excluding steroid dienone is 4. The van der Waals surface area contributed by atoms with Crippen LogP contribution in [0.15, 0.2) is 24.3 Å². The van der Waals surface area contributed by atoms with Crippen molar-refractivity contribution in [3.63, 3.8) is 0 Å². The minimum atomic E-state index is -0.311. The van der Waals surface area contributed by atoms with Gasteiger partial charge in [-0.25, -0.2) is 0 Å². The van der Waals surface area contributed by atoms with Crippen LogP contribution in [0.1, 0.15) is 220 Å². The van der Waals surface area contributed by atoms with Crippen LogP contribution in [0.4, 0.5) is 0 Å². The summed E-state index contributed by atoms with van der Waals surface area (Å²) in [6.07, 6.45) is 45.1. The third kappa shape index (κ3) is 35.3. The van der Waals surface area contributed by atoms with E-state index in [1.165, 1.54) is 141 Å². The molecule has 1 atom stereocenters. The fourth-order valence-electron chi connectivity index (χ4n) is 5.79. The van der Waals surface area contributed by atoms with E-state index in [0.717, 1.165) is 44.9 Å². The van der Waals surface area contributed by atoms with Gasteiger partial charge in [0.1, 0.15) is 12.7 Å². The van der Waals surface area contributed by atoms with E-state index in [4.69, 9.17) is 9.47 Å². The Morgan fingerprint density at radius 1 is 0.435 bits per heavy atom. The third-order valence-electron chi connectivity index (χ3n) is 8.89. The first-order valence-corrected chi connectivity index (χ1v) is 20.3. The van der Waals surface area contributed by atoms with Crippen LogP contribution in [-0.2, 0) is 19.1 Å². The minimum Gasteiger partial charge on any atom is -0.462 e. The largest absolute Gasteiger partial charge is 0.462 e. The highest BCUT2D eigenvalue weighted by Crippen LogP contribution is 2.14. The molecular weight excluding hydrogens is 568 g/mol. The van der Waals surface area contributed by atoms with Crippen molar-refractivity contribution in [2.75, 3.05) is 6.61 Å². The number of unbranched alkanes of at least 4 members (excludes halogenated alkanes) is 23. The molecule has 0 aliphatic rings. The molecule has 0 aromatic rings. The minimum absolute atomic E-state index is 0.146. The summed E-state index contributed by atoms with van der Waals surface area (Å²) in [5.41, 5.74) is 0. The fraction of sp³-hybridized carbons (Fsp3) is 0.857. The van der Waals surface area contributed by atoms with Gasteiger partial charge in [0.05, 0.1) is 0 Å². The molecule has 0 saturated carbocycles. The second-order valence-corrected chi connectivity index (χ2v) is 13.6. The van der Waals surface area contributed by atoms with Crippen molar-refractivity contribution in [3.05, 3.63) is 24.3 Å². The van der Waals surface area contributed by atoms with Gasteiger partial charge in [0.2, 0.25) is 0 Å². The SMILES string of the molecule is CCCCCCCC/C=C/CCCCCCCC(=O)OCC(CCCC)OC(=O)CCCCCCC/C=C/CCCCCCCC.